The third kappa shape index (κ3) is 4.01. The molecule has 0 radical (unpaired) electrons. The number of aromatic nitrogens is 1. The number of benzene rings is 1. The van der Waals surface area contributed by atoms with Gasteiger partial charge >= 0.3 is 6.09 Å². The van der Waals surface area contributed by atoms with Gasteiger partial charge in [0.2, 0.25) is 0 Å². The zero-order chi connectivity index (χ0) is 18.2. The Morgan fingerprint density at radius 1 is 1.28 bits per heavy atom. The number of aryl methyl sites for hydroxylation is 1. The molecule has 1 unspecified atom stereocenters. The normalized spacial score (nSPS) is 18.2. The average molecular weight is 338 g/mol. The molecule has 2 aromatic rings. The van der Waals surface area contributed by atoms with E-state index in [1.807, 2.05) is 40.0 Å². The van der Waals surface area contributed by atoms with Crippen molar-refractivity contribution in [1.82, 2.24) is 9.88 Å². The number of ether oxygens (including phenoxy) is 1. The van der Waals surface area contributed by atoms with Gasteiger partial charge in [0.1, 0.15) is 5.60 Å². The minimum Gasteiger partial charge on any atom is -0.443 e. The molecule has 1 aromatic heterocycles. The standard InChI is InChI=1S/C21H26N2O2/c1-14-6-9-19(23(13-14)20(24)25-21(3,4)5)17-8-7-16-10-15(2)12-22-18(16)11-17/h7-12,14H,6,13H2,1-5H3. The summed E-state index contributed by atoms with van der Waals surface area (Å²) in [7, 11) is 0. The first-order chi connectivity index (χ1) is 11.7. The van der Waals surface area contributed by atoms with E-state index in [1.165, 1.54) is 0 Å². The lowest BCUT2D eigenvalue weighted by Gasteiger charge is -2.34. The van der Waals surface area contributed by atoms with E-state index in [0.717, 1.165) is 34.1 Å². The number of nitrogens with zero attached hydrogens (tertiary/aromatic N) is 2. The summed E-state index contributed by atoms with van der Waals surface area (Å²) < 4.78 is 5.61. The second-order valence-corrected chi connectivity index (χ2v) is 7.94. The van der Waals surface area contributed by atoms with E-state index in [1.54, 1.807) is 4.90 Å². The fourth-order valence-corrected chi connectivity index (χ4v) is 3.06. The average Bonchev–Trinajstić information content (AvgIpc) is 2.52. The Balaban J connectivity index is 1.97. The summed E-state index contributed by atoms with van der Waals surface area (Å²) in [5.41, 5.74) is 3.48. The highest BCUT2D eigenvalue weighted by molar-refractivity contribution is 5.87. The minimum absolute atomic E-state index is 0.290. The number of hydrogen-bond acceptors (Lipinski definition) is 3. The van der Waals surface area contributed by atoms with Gasteiger partial charge in [-0.2, -0.15) is 0 Å². The van der Waals surface area contributed by atoms with Crippen LogP contribution in [-0.4, -0.2) is 28.1 Å². The Morgan fingerprint density at radius 3 is 2.76 bits per heavy atom. The van der Waals surface area contributed by atoms with E-state index in [2.05, 4.69) is 36.2 Å². The maximum absolute atomic E-state index is 12.7. The maximum atomic E-state index is 12.7. The summed E-state index contributed by atoms with van der Waals surface area (Å²) in [6.07, 6.45) is 4.67. The van der Waals surface area contributed by atoms with Crippen molar-refractivity contribution in [1.29, 1.82) is 0 Å². The first-order valence-electron chi connectivity index (χ1n) is 8.80. The first kappa shape index (κ1) is 17.5. The second-order valence-electron chi connectivity index (χ2n) is 7.94. The van der Waals surface area contributed by atoms with Crippen molar-refractivity contribution in [2.24, 2.45) is 5.92 Å². The molecule has 3 rings (SSSR count). The molecular formula is C21H26N2O2. The summed E-state index contributed by atoms with van der Waals surface area (Å²) in [5.74, 6) is 0.414. The fourth-order valence-electron chi connectivity index (χ4n) is 3.06. The highest BCUT2D eigenvalue weighted by atomic mass is 16.6. The largest absolute Gasteiger partial charge is 0.443 e. The third-order valence-electron chi connectivity index (χ3n) is 4.23. The van der Waals surface area contributed by atoms with Crippen LogP contribution in [0.5, 0.6) is 0 Å². The van der Waals surface area contributed by atoms with Crippen LogP contribution in [0.4, 0.5) is 4.79 Å². The van der Waals surface area contributed by atoms with Crippen LogP contribution in [0, 0.1) is 12.8 Å². The lowest BCUT2D eigenvalue weighted by Crippen LogP contribution is -2.39. The minimum atomic E-state index is -0.509. The summed E-state index contributed by atoms with van der Waals surface area (Å²) in [6, 6.07) is 8.29. The van der Waals surface area contributed by atoms with Gasteiger partial charge in [-0.1, -0.05) is 25.1 Å². The number of carbonyl (C=O) groups excluding carboxylic acids is 1. The van der Waals surface area contributed by atoms with Gasteiger partial charge in [0.05, 0.1) is 11.2 Å². The van der Waals surface area contributed by atoms with Crippen molar-refractivity contribution in [3.05, 3.63) is 47.7 Å². The smallest absolute Gasteiger partial charge is 0.414 e. The SMILES string of the molecule is Cc1cnc2cc(C3=CCC(C)CN3C(=O)OC(C)(C)C)ccc2c1. The van der Waals surface area contributed by atoms with E-state index in [-0.39, 0.29) is 6.09 Å². The van der Waals surface area contributed by atoms with Gasteiger partial charge in [0.25, 0.3) is 0 Å². The molecule has 0 saturated heterocycles. The number of hydrogen-bond donors (Lipinski definition) is 0. The van der Waals surface area contributed by atoms with E-state index >= 15 is 0 Å². The Labute approximate surface area is 149 Å². The van der Waals surface area contributed by atoms with Crippen molar-refractivity contribution < 1.29 is 9.53 Å². The van der Waals surface area contributed by atoms with Gasteiger partial charge in [-0.3, -0.25) is 9.88 Å². The van der Waals surface area contributed by atoms with Crippen LogP contribution in [-0.2, 0) is 4.74 Å². The number of carbonyl (C=O) groups is 1. The van der Waals surface area contributed by atoms with E-state index < -0.39 is 5.60 Å². The number of pyridine rings is 1. The predicted molar refractivity (Wildman–Crippen MR) is 101 cm³/mol. The van der Waals surface area contributed by atoms with E-state index in [0.29, 0.717) is 12.5 Å². The summed E-state index contributed by atoms with van der Waals surface area (Å²) in [5, 5.41) is 1.11. The monoisotopic (exact) mass is 338 g/mol. The van der Waals surface area contributed by atoms with E-state index in [9.17, 15) is 4.79 Å². The molecule has 2 heterocycles. The molecule has 0 fully saturated rings. The van der Waals surface area contributed by atoms with Crippen molar-refractivity contribution >= 4 is 22.7 Å². The molecule has 0 aliphatic carbocycles. The van der Waals surface area contributed by atoms with Gasteiger partial charge in [0, 0.05) is 23.7 Å². The molecule has 1 aromatic carbocycles. The number of rotatable bonds is 1. The topological polar surface area (TPSA) is 42.4 Å². The molecule has 0 bridgehead atoms. The lowest BCUT2D eigenvalue weighted by atomic mass is 9.97. The molecule has 0 spiro atoms. The molecule has 1 aliphatic rings. The van der Waals surface area contributed by atoms with Gasteiger partial charge < -0.3 is 4.74 Å². The van der Waals surface area contributed by atoms with Crippen molar-refractivity contribution in [2.45, 2.75) is 46.6 Å². The molecule has 132 valence electrons. The molecular weight excluding hydrogens is 312 g/mol. The summed E-state index contributed by atoms with van der Waals surface area (Å²) in [6.45, 7) is 10.5. The molecule has 4 nitrogen and oxygen atoms in total. The van der Waals surface area contributed by atoms with Crippen LogP contribution < -0.4 is 0 Å². The molecule has 25 heavy (non-hydrogen) atoms. The zero-order valence-corrected chi connectivity index (χ0v) is 15.7. The second kappa shape index (κ2) is 6.51. The van der Waals surface area contributed by atoms with Crippen molar-refractivity contribution in [3.8, 4) is 0 Å². The van der Waals surface area contributed by atoms with Crippen molar-refractivity contribution in [3.63, 3.8) is 0 Å². The van der Waals surface area contributed by atoms with Crippen molar-refractivity contribution in [2.75, 3.05) is 6.54 Å². The molecule has 1 aliphatic heterocycles. The highest BCUT2D eigenvalue weighted by Gasteiger charge is 2.29. The third-order valence-corrected chi connectivity index (χ3v) is 4.23. The van der Waals surface area contributed by atoms with Crippen LogP contribution in [0.25, 0.3) is 16.6 Å². The summed E-state index contributed by atoms with van der Waals surface area (Å²) in [4.78, 5) is 19.0. The Hall–Kier alpha value is -2.36. The Kier molecular flexibility index (Phi) is 4.55. The molecule has 0 N–H and O–H groups in total. The fraction of sp³-hybridized carbons (Fsp3) is 0.429. The van der Waals surface area contributed by atoms with Crippen LogP contribution in [0.15, 0.2) is 36.5 Å². The molecule has 4 heteroatoms. The van der Waals surface area contributed by atoms with Gasteiger partial charge in [-0.15, -0.1) is 0 Å². The number of fused-ring (bicyclic) bond motifs is 1. The number of allylic oxidation sites excluding steroid dienone is 1. The Morgan fingerprint density at radius 2 is 2.04 bits per heavy atom. The first-order valence-corrected chi connectivity index (χ1v) is 8.80. The van der Waals surface area contributed by atoms with Gasteiger partial charge in [-0.05, 0) is 57.7 Å². The van der Waals surface area contributed by atoms with Gasteiger partial charge in [-0.25, -0.2) is 4.79 Å². The lowest BCUT2D eigenvalue weighted by molar-refractivity contribution is 0.0327. The molecule has 0 saturated carbocycles. The Bertz CT molecular complexity index is 833. The molecule has 1 amide bonds. The van der Waals surface area contributed by atoms with E-state index in [4.69, 9.17) is 4.74 Å². The molecule has 1 atom stereocenters. The zero-order valence-electron chi connectivity index (χ0n) is 15.7. The van der Waals surface area contributed by atoms with Gasteiger partial charge in [0.15, 0.2) is 0 Å². The van der Waals surface area contributed by atoms with Crippen LogP contribution in [0.1, 0.15) is 45.2 Å². The number of amides is 1. The van der Waals surface area contributed by atoms with Crippen LogP contribution >= 0.6 is 0 Å². The summed E-state index contributed by atoms with van der Waals surface area (Å²) >= 11 is 0. The quantitative estimate of drug-likeness (QED) is 0.721. The van der Waals surface area contributed by atoms with Crippen LogP contribution in [0.2, 0.25) is 0 Å². The maximum Gasteiger partial charge on any atom is 0.414 e. The highest BCUT2D eigenvalue weighted by Crippen LogP contribution is 2.30. The predicted octanol–water partition coefficient (Wildman–Crippen LogP) is 5.16. The van der Waals surface area contributed by atoms with Crippen LogP contribution in [0.3, 0.4) is 0 Å².